The van der Waals surface area contributed by atoms with Crippen LogP contribution in [0.1, 0.15) is 11.3 Å². The standard InChI is InChI=1S/C11H12N4O4/c1-14-5-9(12-13-14)7-19-11-3-2-10(15(17)18)4-8(11)6-16/h2-5,16H,6-7H2,1H3. The van der Waals surface area contributed by atoms with Crippen molar-refractivity contribution in [1.29, 1.82) is 0 Å². The third kappa shape index (κ3) is 3.05. The molecule has 0 aliphatic heterocycles. The fourth-order valence-corrected chi connectivity index (χ4v) is 1.56. The quantitative estimate of drug-likeness (QED) is 0.632. The summed E-state index contributed by atoms with van der Waals surface area (Å²) < 4.78 is 7.01. The number of aromatic nitrogens is 3. The highest BCUT2D eigenvalue weighted by atomic mass is 16.6. The van der Waals surface area contributed by atoms with Gasteiger partial charge in [-0.2, -0.15) is 0 Å². The van der Waals surface area contributed by atoms with E-state index in [9.17, 15) is 15.2 Å². The first-order chi connectivity index (χ1) is 9.10. The smallest absolute Gasteiger partial charge is 0.270 e. The molecule has 8 heteroatoms. The molecule has 8 nitrogen and oxygen atoms in total. The minimum absolute atomic E-state index is 0.0871. The van der Waals surface area contributed by atoms with Crippen LogP contribution in [0.25, 0.3) is 0 Å². The molecule has 0 atom stereocenters. The molecular weight excluding hydrogens is 252 g/mol. The molecule has 0 saturated carbocycles. The number of aliphatic hydroxyl groups excluding tert-OH is 1. The topological polar surface area (TPSA) is 103 Å². The lowest BCUT2D eigenvalue weighted by Gasteiger charge is -2.08. The van der Waals surface area contributed by atoms with Crippen molar-refractivity contribution < 1.29 is 14.8 Å². The Bertz CT molecular complexity index is 596. The predicted octanol–water partition coefficient (Wildman–Crippen LogP) is 0.795. The van der Waals surface area contributed by atoms with Crippen molar-refractivity contribution in [2.75, 3.05) is 0 Å². The maximum absolute atomic E-state index is 10.6. The first kappa shape index (κ1) is 13.0. The summed E-state index contributed by atoms with van der Waals surface area (Å²) in [6.07, 6.45) is 1.70. The third-order valence-electron chi connectivity index (χ3n) is 2.45. The number of non-ortho nitro benzene ring substituents is 1. The molecule has 2 rings (SSSR count). The molecule has 1 aromatic heterocycles. The van der Waals surface area contributed by atoms with E-state index in [2.05, 4.69) is 10.3 Å². The lowest BCUT2D eigenvalue weighted by molar-refractivity contribution is -0.385. The molecule has 0 saturated heterocycles. The Morgan fingerprint density at radius 2 is 2.32 bits per heavy atom. The fraction of sp³-hybridized carbons (Fsp3) is 0.273. The van der Waals surface area contributed by atoms with Crippen LogP contribution in [0.4, 0.5) is 5.69 Å². The number of nitrogens with zero attached hydrogens (tertiary/aromatic N) is 4. The first-order valence-corrected chi connectivity index (χ1v) is 5.46. The van der Waals surface area contributed by atoms with Crippen LogP contribution in [0.5, 0.6) is 5.75 Å². The van der Waals surface area contributed by atoms with Crippen molar-refractivity contribution in [1.82, 2.24) is 15.0 Å². The van der Waals surface area contributed by atoms with Crippen LogP contribution >= 0.6 is 0 Å². The van der Waals surface area contributed by atoms with E-state index in [1.807, 2.05) is 0 Å². The Hall–Kier alpha value is -2.48. The predicted molar refractivity (Wildman–Crippen MR) is 64.4 cm³/mol. The highest BCUT2D eigenvalue weighted by Gasteiger charge is 2.11. The summed E-state index contributed by atoms with van der Waals surface area (Å²) in [5, 5.41) is 27.4. The lowest BCUT2D eigenvalue weighted by atomic mass is 10.2. The molecule has 1 aromatic carbocycles. The summed E-state index contributed by atoms with van der Waals surface area (Å²) in [7, 11) is 1.74. The fourth-order valence-electron chi connectivity index (χ4n) is 1.56. The number of hydrogen-bond acceptors (Lipinski definition) is 6. The van der Waals surface area contributed by atoms with Crippen LogP contribution < -0.4 is 4.74 Å². The number of ether oxygens (including phenoxy) is 1. The highest BCUT2D eigenvalue weighted by Crippen LogP contribution is 2.24. The largest absolute Gasteiger partial charge is 0.487 e. The molecule has 0 aliphatic rings. The van der Waals surface area contributed by atoms with Crippen molar-refractivity contribution >= 4 is 5.69 Å². The van der Waals surface area contributed by atoms with Gasteiger partial charge in [-0.05, 0) is 6.07 Å². The van der Waals surface area contributed by atoms with Crippen LogP contribution in [0.15, 0.2) is 24.4 Å². The second-order valence-electron chi connectivity index (χ2n) is 3.88. The van der Waals surface area contributed by atoms with Crippen molar-refractivity contribution in [3.63, 3.8) is 0 Å². The Labute approximate surface area is 108 Å². The van der Waals surface area contributed by atoms with E-state index in [1.54, 1.807) is 17.9 Å². The van der Waals surface area contributed by atoms with Crippen molar-refractivity contribution in [3.8, 4) is 5.75 Å². The number of aliphatic hydroxyl groups is 1. The van der Waals surface area contributed by atoms with Gasteiger partial charge in [0.1, 0.15) is 18.1 Å². The normalized spacial score (nSPS) is 10.4. The first-order valence-electron chi connectivity index (χ1n) is 5.46. The van der Waals surface area contributed by atoms with Crippen molar-refractivity contribution in [2.45, 2.75) is 13.2 Å². The molecule has 0 amide bonds. The number of nitro benzene ring substituents is 1. The summed E-state index contributed by atoms with van der Waals surface area (Å²) in [5.74, 6) is 0.388. The summed E-state index contributed by atoms with van der Waals surface area (Å²) >= 11 is 0. The summed E-state index contributed by atoms with van der Waals surface area (Å²) in [4.78, 5) is 10.1. The second kappa shape index (κ2) is 5.44. The molecule has 0 spiro atoms. The second-order valence-corrected chi connectivity index (χ2v) is 3.88. The van der Waals surface area contributed by atoms with E-state index in [4.69, 9.17) is 4.74 Å². The van der Waals surface area contributed by atoms with Gasteiger partial charge in [0, 0.05) is 24.7 Å². The van der Waals surface area contributed by atoms with Gasteiger partial charge in [0.2, 0.25) is 0 Å². The zero-order chi connectivity index (χ0) is 13.8. The van der Waals surface area contributed by atoms with Gasteiger partial charge < -0.3 is 9.84 Å². The van der Waals surface area contributed by atoms with Crippen molar-refractivity contribution in [2.24, 2.45) is 7.05 Å². The third-order valence-corrected chi connectivity index (χ3v) is 2.45. The zero-order valence-electron chi connectivity index (χ0n) is 10.2. The molecule has 100 valence electrons. The van der Waals surface area contributed by atoms with Crippen molar-refractivity contribution in [3.05, 3.63) is 45.8 Å². The van der Waals surface area contributed by atoms with Gasteiger partial charge in [-0.15, -0.1) is 5.10 Å². The van der Waals surface area contributed by atoms with Gasteiger partial charge in [0.05, 0.1) is 17.7 Å². The lowest BCUT2D eigenvalue weighted by Crippen LogP contribution is -2.00. The zero-order valence-corrected chi connectivity index (χ0v) is 10.2. The van der Waals surface area contributed by atoms with E-state index in [0.29, 0.717) is 17.0 Å². The Morgan fingerprint density at radius 1 is 1.53 bits per heavy atom. The summed E-state index contributed by atoms with van der Waals surface area (Å²) in [6.45, 7) is -0.157. The van der Waals surface area contributed by atoms with Gasteiger partial charge in [-0.1, -0.05) is 5.21 Å². The molecule has 1 heterocycles. The number of rotatable bonds is 5. The SMILES string of the molecule is Cn1cc(COc2ccc([N+](=O)[O-])cc2CO)nn1. The number of aryl methyl sites for hydroxylation is 1. The number of nitro groups is 1. The molecule has 1 N–H and O–H groups in total. The minimum Gasteiger partial charge on any atom is -0.487 e. The average molecular weight is 264 g/mol. The van der Waals surface area contributed by atoms with Crippen LogP contribution in [0.2, 0.25) is 0 Å². The Morgan fingerprint density at radius 3 is 2.89 bits per heavy atom. The molecular formula is C11H12N4O4. The number of benzene rings is 1. The maximum atomic E-state index is 10.6. The molecule has 0 radical (unpaired) electrons. The number of hydrogen-bond donors (Lipinski definition) is 1. The summed E-state index contributed by atoms with van der Waals surface area (Å²) in [5.41, 5.74) is 0.902. The van der Waals surface area contributed by atoms with E-state index >= 15 is 0 Å². The van der Waals surface area contributed by atoms with Crippen LogP contribution in [-0.4, -0.2) is 25.0 Å². The van der Waals surface area contributed by atoms with Crippen LogP contribution in [0, 0.1) is 10.1 Å². The molecule has 0 unspecified atom stereocenters. The van der Waals surface area contributed by atoms with Gasteiger partial charge in [0.15, 0.2) is 0 Å². The minimum atomic E-state index is -0.522. The molecule has 0 aliphatic carbocycles. The average Bonchev–Trinajstić information content (AvgIpc) is 2.81. The van der Waals surface area contributed by atoms with Gasteiger partial charge in [-0.25, -0.2) is 0 Å². The summed E-state index contributed by atoms with van der Waals surface area (Å²) in [6, 6.07) is 4.07. The Balaban J connectivity index is 2.13. The van der Waals surface area contributed by atoms with Gasteiger partial charge in [-0.3, -0.25) is 14.8 Å². The van der Waals surface area contributed by atoms with E-state index in [0.717, 1.165) is 0 Å². The molecule has 19 heavy (non-hydrogen) atoms. The van der Waals surface area contributed by atoms with Crippen LogP contribution in [0.3, 0.4) is 0 Å². The molecule has 0 fully saturated rings. The maximum Gasteiger partial charge on any atom is 0.270 e. The Kier molecular flexibility index (Phi) is 3.71. The van der Waals surface area contributed by atoms with Gasteiger partial charge in [0.25, 0.3) is 5.69 Å². The van der Waals surface area contributed by atoms with Crippen LogP contribution in [-0.2, 0) is 20.3 Å². The highest BCUT2D eigenvalue weighted by molar-refractivity contribution is 5.43. The monoisotopic (exact) mass is 264 g/mol. The van der Waals surface area contributed by atoms with E-state index < -0.39 is 4.92 Å². The van der Waals surface area contributed by atoms with E-state index in [1.165, 1.54) is 18.2 Å². The van der Waals surface area contributed by atoms with Gasteiger partial charge >= 0.3 is 0 Å². The van der Waals surface area contributed by atoms with E-state index in [-0.39, 0.29) is 18.9 Å². The molecule has 0 bridgehead atoms. The molecule has 2 aromatic rings.